The quantitative estimate of drug-likeness (QED) is 0.747. The van der Waals surface area contributed by atoms with E-state index in [2.05, 4.69) is 0 Å². The van der Waals surface area contributed by atoms with Gasteiger partial charge >= 0.3 is 0 Å². The van der Waals surface area contributed by atoms with Crippen LogP contribution in [-0.2, 0) is 4.79 Å². The maximum atomic E-state index is 12.1. The Hall–Kier alpha value is -2.37. The number of hydrogen-bond donors (Lipinski definition) is 0. The molecule has 92 valence electrons. The fourth-order valence-corrected chi connectivity index (χ4v) is 1.93. The van der Waals surface area contributed by atoms with E-state index in [1.807, 2.05) is 0 Å². The van der Waals surface area contributed by atoms with Gasteiger partial charge in [0.25, 0.3) is 0 Å². The molecular weight excluding hydrogens is 228 g/mol. The summed E-state index contributed by atoms with van der Waals surface area (Å²) < 4.78 is 0. The molecular formula is C13H14N4O. The molecule has 0 radical (unpaired) electrons. The number of Topliss-reactive ketones (excluding diaryl/α,β-unsaturated/α-hetero) is 1. The largest absolute Gasteiger partial charge is 0.299 e. The molecule has 0 aliphatic carbocycles. The number of rotatable bonds is 4. The van der Waals surface area contributed by atoms with Gasteiger partial charge in [-0.15, -0.1) is 0 Å². The van der Waals surface area contributed by atoms with Crippen molar-refractivity contribution in [1.29, 1.82) is 21.0 Å². The molecule has 0 atom stereocenters. The van der Waals surface area contributed by atoms with Crippen LogP contribution in [-0.4, -0.2) is 5.78 Å². The average molecular weight is 242 g/mol. The Kier molecular flexibility index (Phi) is 4.61. The van der Waals surface area contributed by atoms with E-state index < -0.39 is 16.7 Å². The molecule has 0 spiro atoms. The fraction of sp³-hybridized carbons (Fsp3) is 0.615. The second-order valence-electron chi connectivity index (χ2n) is 4.87. The molecule has 0 aromatic rings. The zero-order chi connectivity index (χ0) is 14.6. The number of carbonyl (C=O) groups is 1. The SMILES string of the molecule is CC(C)C(=O)C(C)(C)C(C#N)(C#N)C(C#N)C#N. The lowest BCUT2D eigenvalue weighted by Gasteiger charge is -2.36. The van der Waals surface area contributed by atoms with Gasteiger partial charge in [0, 0.05) is 5.92 Å². The number of nitrogens with zero attached hydrogens (tertiary/aromatic N) is 4. The second kappa shape index (κ2) is 5.31. The normalized spacial score (nSPS) is 11.2. The lowest BCUT2D eigenvalue weighted by atomic mass is 9.58. The summed E-state index contributed by atoms with van der Waals surface area (Å²) in [6.07, 6.45) is 0. The maximum absolute atomic E-state index is 12.1. The molecule has 0 aliphatic heterocycles. The Morgan fingerprint density at radius 1 is 1.00 bits per heavy atom. The minimum absolute atomic E-state index is 0.318. The Labute approximate surface area is 107 Å². The molecule has 0 amide bonds. The number of hydrogen-bond acceptors (Lipinski definition) is 5. The van der Waals surface area contributed by atoms with Crippen LogP contribution in [0.5, 0.6) is 0 Å². The second-order valence-corrected chi connectivity index (χ2v) is 4.87. The van der Waals surface area contributed by atoms with Crippen molar-refractivity contribution in [2.45, 2.75) is 27.7 Å². The number of ketones is 1. The molecule has 0 unspecified atom stereocenters. The molecule has 0 fully saturated rings. The first-order valence-corrected chi connectivity index (χ1v) is 5.41. The van der Waals surface area contributed by atoms with E-state index in [0.29, 0.717) is 0 Å². The molecule has 0 aromatic carbocycles. The molecule has 0 heterocycles. The van der Waals surface area contributed by atoms with E-state index in [-0.39, 0.29) is 11.7 Å². The van der Waals surface area contributed by atoms with Gasteiger partial charge in [0.2, 0.25) is 0 Å². The minimum atomic E-state index is -1.96. The third-order valence-electron chi connectivity index (χ3n) is 3.17. The summed E-state index contributed by atoms with van der Waals surface area (Å²) in [7, 11) is 0. The van der Waals surface area contributed by atoms with Crippen LogP contribution in [0.25, 0.3) is 0 Å². The Bertz CT molecular complexity index is 477. The molecule has 0 bridgehead atoms. The molecule has 0 rings (SSSR count). The number of carbonyl (C=O) groups excluding carboxylic acids is 1. The van der Waals surface area contributed by atoms with Gasteiger partial charge in [0.05, 0.1) is 29.7 Å². The van der Waals surface area contributed by atoms with Crippen molar-refractivity contribution in [2.24, 2.45) is 22.7 Å². The summed E-state index contributed by atoms with van der Waals surface area (Å²) in [6.45, 7) is 6.17. The van der Waals surface area contributed by atoms with Crippen molar-refractivity contribution in [2.75, 3.05) is 0 Å². The minimum Gasteiger partial charge on any atom is -0.299 e. The van der Waals surface area contributed by atoms with Gasteiger partial charge in [-0.3, -0.25) is 4.79 Å². The zero-order valence-corrected chi connectivity index (χ0v) is 10.9. The highest BCUT2D eigenvalue weighted by molar-refractivity contribution is 5.88. The highest BCUT2D eigenvalue weighted by atomic mass is 16.1. The Morgan fingerprint density at radius 2 is 1.39 bits per heavy atom. The van der Waals surface area contributed by atoms with E-state index in [0.717, 1.165) is 0 Å². The summed E-state index contributed by atoms with van der Waals surface area (Å²) in [4.78, 5) is 12.1. The van der Waals surface area contributed by atoms with Gasteiger partial charge in [0.15, 0.2) is 11.3 Å². The smallest absolute Gasteiger partial charge is 0.184 e. The first-order valence-electron chi connectivity index (χ1n) is 5.41. The molecule has 18 heavy (non-hydrogen) atoms. The predicted octanol–water partition coefficient (Wildman–Crippen LogP) is 1.93. The Morgan fingerprint density at radius 3 is 1.61 bits per heavy atom. The van der Waals surface area contributed by atoms with Crippen LogP contribution in [0.1, 0.15) is 27.7 Å². The van der Waals surface area contributed by atoms with E-state index in [4.69, 9.17) is 10.5 Å². The number of nitriles is 4. The third kappa shape index (κ3) is 2.04. The van der Waals surface area contributed by atoms with Gasteiger partial charge in [-0.2, -0.15) is 21.0 Å². The third-order valence-corrected chi connectivity index (χ3v) is 3.17. The van der Waals surface area contributed by atoms with Gasteiger partial charge in [-0.25, -0.2) is 0 Å². The topological polar surface area (TPSA) is 112 Å². The zero-order valence-electron chi connectivity index (χ0n) is 10.9. The van der Waals surface area contributed by atoms with Crippen LogP contribution >= 0.6 is 0 Å². The summed E-state index contributed by atoms with van der Waals surface area (Å²) in [5, 5.41) is 36.3. The molecule has 0 aromatic heterocycles. The van der Waals surface area contributed by atoms with Crippen LogP contribution < -0.4 is 0 Å². The summed E-state index contributed by atoms with van der Waals surface area (Å²) in [6, 6.07) is 6.70. The van der Waals surface area contributed by atoms with Crippen molar-refractivity contribution in [3.63, 3.8) is 0 Å². The molecule has 0 aliphatic rings. The standard InChI is InChI=1S/C13H14N4O/c1-9(2)11(18)12(3,4)13(7-16,8-17)10(5-14)6-15/h9-10H,1-4H3. The molecule has 5 nitrogen and oxygen atoms in total. The van der Waals surface area contributed by atoms with Crippen LogP contribution in [0.3, 0.4) is 0 Å². The van der Waals surface area contributed by atoms with Crippen LogP contribution in [0.2, 0.25) is 0 Å². The van der Waals surface area contributed by atoms with Gasteiger partial charge in [0.1, 0.15) is 5.78 Å². The van der Waals surface area contributed by atoms with Crippen molar-refractivity contribution in [1.82, 2.24) is 0 Å². The van der Waals surface area contributed by atoms with E-state index in [1.165, 1.54) is 13.8 Å². The molecule has 0 saturated heterocycles. The van der Waals surface area contributed by atoms with E-state index >= 15 is 0 Å². The van der Waals surface area contributed by atoms with Crippen molar-refractivity contribution < 1.29 is 4.79 Å². The van der Waals surface area contributed by atoms with E-state index in [9.17, 15) is 15.3 Å². The molecule has 0 N–H and O–H groups in total. The first kappa shape index (κ1) is 15.6. The van der Waals surface area contributed by atoms with Crippen LogP contribution in [0.15, 0.2) is 0 Å². The highest BCUT2D eigenvalue weighted by Crippen LogP contribution is 2.46. The lowest BCUT2D eigenvalue weighted by molar-refractivity contribution is -0.134. The van der Waals surface area contributed by atoms with E-state index in [1.54, 1.807) is 38.1 Å². The van der Waals surface area contributed by atoms with Crippen LogP contribution in [0, 0.1) is 68.0 Å². The monoisotopic (exact) mass is 242 g/mol. The average Bonchev–Trinajstić information content (AvgIpc) is 2.34. The summed E-state index contributed by atoms with van der Waals surface area (Å²) in [5.41, 5.74) is -3.35. The lowest BCUT2D eigenvalue weighted by Crippen LogP contribution is -2.47. The van der Waals surface area contributed by atoms with Gasteiger partial charge < -0.3 is 0 Å². The van der Waals surface area contributed by atoms with Crippen LogP contribution in [0.4, 0.5) is 0 Å². The predicted molar refractivity (Wildman–Crippen MR) is 62.0 cm³/mol. The Balaban J connectivity index is 6.06. The fourth-order valence-electron chi connectivity index (χ4n) is 1.93. The maximum Gasteiger partial charge on any atom is 0.184 e. The van der Waals surface area contributed by atoms with Crippen molar-refractivity contribution in [3.05, 3.63) is 0 Å². The summed E-state index contributed by atoms with van der Waals surface area (Å²) in [5.74, 6) is -2.18. The highest BCUT2D eigenvalue weighted by Gasteiger charge is 2.57. The van der Waals surface area contributed by atoms with Crippen molar-refractivity contribution >= 4 is 5.78 Å². The first-order chi connectivity index (χ1) is 8.24. The van der Waals surface area contributed by atoms with Gasteiger partial charge in [-0.05, 0) is 0 Å². The molecule has 5 heteroatoms. The van der Waals surface area contributed by atoms with Gasteiger partial charge in [-0.1, -0.05) is 27.7 Å². The molecule has 0 saturated carbocycles. The van der Waals surface area contributed by atoms with Crippen molar-refractivity contribution in [3.8, 4) is 24.3 Å². The summed E-state index contributed by atoms with van der Waals surface area (Å²) >= 11 is 0.